The maximum absolute atomic E-state index is 10.6. The zero-order chi connectivity index (χ0) is 12.3. The molecule has 0 aromatic carbocycles. The van der Waals surface area contributed by atoms with Crippen LogP contribution >= 0.6 is 0 Å². The lowest BCUT2D eigenvalue weighted by molar-refractivity contribution is 0.0691. The van der Waals surface area contributed by atoms with Crippen LogP contribution in [0.4, 0.5) is 0 Å². The number of carboxylic acids is 1. The van der Waals surface area contributed by atoms with E-state index in [0.717, 1.165) is 5.39 Å². The van der Waals surface area contributed by atoms with E-state index in [-0.39, 0.29) is 5.69 Å². The van der Waals surface area contributed by atoms with E-state index in [1.807, 2.05) is 6.07 Å². The Kier molecular flexibility index (Phi) is 3.30. The van der Waals surface area contributed by atoms with E-state index >= 15 is 0 Å². The van der Waals surface area contributed by atoms with Gasteiger partial charge in [-0.15, -0.1) is 0 Å². The van der Waals surface area contributed by atoms with Crippen molar-refractivity contribution in [3.05, 3.63) is 36.2 Å². The van der Waals surface area contributed by atoms with E-state index in [2.05, 4.69) is 9.97 Å². The minimum atomic E-state index is -1.03. The second-order valence-electron chi connectivity index (χ2n) is 3.89. The number of pyridine rings is 2. The summed E-state index contributed by atoms with van der Waals surface area (Å²) in [6, 6.07) is 7.36. The molecule has 1 aliphatic carbocycles. The van der Waals surface area contributed by atoms with Gasteiger partial charge in [-0.3, -0.25) is 0 Å². The maximum atomic E-state index is 10.6. The Bertz CT molecular complexity index is 538. The first-order chi connectivity index (χ1) is 8.16. The number of hydrogen-bond acceptors (Lipinski definition) is 4. The molecule has 0 unspecified atom stereocenters. The van der Waals surface area contributed by atoms with Crippen molar-refractivity contribution in [1.82, 2.24) is 9.97 Å². The molecular weight excluding hydrogens is 218 g/mol. The van der Waals surface area contributed by atoms with Gasteiger partial charge in [-0.1, -0.05) is 0 Å². The summed E-state index contributed by atoms with van der Waals surface area (Å²) in [5.41, 5.74) is 5.70. The molecule has 5 heteroatoms. The molecule has 0 radical (unpaired) electrons. The molecule has 3 N–H and O–H groups in total. The van der Waals surface area contributed by atoms with Crippen molar-refractivity contribution in [1.29, 1.82) is 0 Å². The smallest absolute Gasteiger partial charge is 0.354 e. The van der Waals surface area contributed by atoms with Gasteiger partial charge in [0.05, 0.1) is 0 Å². The predicted molar refractivity (Wildman–Crippen MR) is 63.7 cm³/mol. The molecular formula is C12H13N3O2. The van der Waals surface area contributed by atoms with Crippen molar-refractivity contribution in [2.24, 2.45) is 5.73 Å². The van der Waals surface area contributed by atoms with Crippen LogP contribution in [0.15, 0.2) is 30.5 Å². The van der Waals surface area contributed by atoms with Crippen molar-refractivity contribution in [3.8, 4) is 0 Å². The second kappa shape index (κ2) is 4.88. The molecule has 2 aromatic rings. The highest BCUT2D eigenvalue weighted by molar-refractivity contribution is 5.88. The van der Waals surface area contributed by atoms with Gasteiger partial charge in [0.25, 0.3) is 0 Å². The minimum absolute atomic E-state index is 0.0196. The van der Waals surface area contributed by atoms with Gasteiger partial charge in [-0.25, -0.2) is 14.8 Å². The molecule has 0 spiro atoms. The molecule has 0 amide bonds. The summed E-state index contributed by atoms with van der Waals surface area (Å²) in [4.78, 5) is 18.4. The Hall–Kier alpha value is -2.01. The third-order valence-electron chi connectivity index (χ3n) is 2.31. The first-order valence-corrected chi connectivity index (χ1v) is 5.37. The normalized spacial score (nSPS) is 13.9. The summed E-state index contributed by atoms with van der Waals surface area (Å²) in [5, 5.41) is 9.49. The SMILES string of the molecule is NC1CC1.O=C(O)c1ccc2cccnc2n1. The van der Waals surface area contributed by atoms with Gasteiger partial charge in [-0.2, -0.15) is 0 Å². The highest BCUT2D eigenvalue weighted by Gasteiger charge is 2.13. The van der Waals surface area contributed by atoms with E-state index in [1.54, 1.807) is 18.3 Å². The number of aromatic nitrogens is 2. The third kappa shape index (κ3) is 3.22. The molecule has 17 heavy (non-hydrogen) atoms. The number of aromatic carboxylic acids is 1. The molecule has 0 saturated heterocycles. The van der Waals surface area contributed by atoms with Crippen molar-refractivity contribution in [3.63, 3.8) is 0 Å². The average Bonchev–Trinajstić information content (AvgIpc) is 3.12. The summed E-state index contributed by atoms with van der Waals surface area (Å²) >= 11 is 0. The van der Waals surface area contributed by atoms with E-state index in [0.29, 0.717) is 11.7 Å². The van der Waals surface area contributed by atoms with E-state index in [1.165, 1.54) is 18.9 Å². The van der Waals surface area contributed by atoms with Crippen LogP contribution < -0.4 is 5.73 Å². The molecule has 0 atom stereocenters. The fourth-order valence-corrected chi connectivity index (χ4v) is 1.17. The van der Waals surface area contributed by atoms with Crippen molar-refractivity contribution in [2.75, 3.05) is 0 Å². The molecule has 1 saturated carbocycles. The van der Waals surface area contributed by atoms with E-state index in [4.69, 9.17) is 10.8 Å². The van der Waals surface area contributed by atoms with Crippen molar-refractivity contribution in [2.45, 2.75) is 18.9 Å². The van der Waals surface area contributed by atoms with Crippen LogP contribution in [-0.2, 0) is 0 Å². The number of fused-ring (bicyclic) bond motifs is 1. The van der Waals surface area contributed by atoms with Gasteiger partial charge in [0.2, 0.25) is 0 Å². The zero-order valence-electron chi connectivity index (χ0n) is 9.21. The van der Waals surface area contributed by atoms with Crippen LogP contribution in [0.3, 0.4) is 0 Å². The lowest BCUT2D eigenvalue weighted by Gasteiger charge is -1.96. The quantitative estimate of drug-likeness (QED) is 0.775. The number of hydrogen-bond donors (Lipinski definition) is 2. The molecule has 5 nitrogen and oxygen atoms in total. The maximum Gasteiger partial charge on any atom is 0.354 e. The summed E-state index contributed by atoms with van der Waals surface area (Å²) in [7, 11) is 0. The number of nitrogens with two attached hydrogens (primary N) is 1. The molecule has 3 rings (SSSR count). The van der Waals surface area contributed by atoms with Crippen molar-refractivity contribution < 1.29 is 9.90 Å². The first kappa shape index (κ1) is 11.5. The third-order valence-corrected chi connectivity index (χ3v) is 2.31. The van der Waals surface area contributed by atoms with Crippen LogP contribution in [0.1, 0.15) is 23.3 Å². The first-order valence-electron chi connectivity index (χ1n) is 5.37. The van der Waals surface area contributed by atoms with Gasteiger partial charge in [0, 0.05) is 17.6 Å². The van der Waals surface area contributed by atoms with Gasteiger partial charge < -0.3 is 10.8 Å². The Balaban J connectivity index is 0.000000228. The molecule has 1 fully saturated rings. The lowest BCUT2D eigenvalue weighted by atomic mass is 10.2. The van der Waals surface area contributed by atoms with Crippen LogP contribution in [0, 0.1) is 0 Å². The molecule has 2 aromatic heterocycles. The van der Waals surface area contributed by atoms with Crippen molar-refractivity contribution >= 4 is 17.0 Å². The van der Waals surface area contributed by atoms with Gasteiger partial charge in [0.15, 0.2) is 11.3 Å². The van der Waals surface area contributed by atoms with Gasteiger partial charge in [0.1, 0.15) is 0 Å². The Morgan fingerprint density at radius 1 is 1.35 bits per heavy atom. The lowest BCUT2D eigenvalue weighted by Crippen LogP contribution is -2.00. The molecule has 88 valence electrons. The Morgan fingerprint density at radius 2 is 2.06 bits per heavy atom. The predicted octanol–water partition coefficient (Wildman–Crippen LogP) is 1.44. The Labute approximate surface area is 98.3 Å². The molecule has 2 heterocycles. The molecule has 0 aliphatic heterocycles. The van der Waals surface area contributed by atoms with Crippen LogP contribution in [0.2, 0.25) is 0 Å². The molecule has 1 aliphatic rings. The monoisotopic (exact) mass is 231 g/mol. The van der Waals surface area contributed by atoms with E-state index in [9.17, 15) is 4.79 Å². The topological polar surface area (TPSA) is 89.1 Å². The van der Waals surface area contributed by atoms with Crippen LogP contribution in [-0.4, -0.2) is 27.1 Å². The van der Waals surface area contributed by atoms with Gasteiger partial charge in [-0.05, 0) is 37.1 Å². The number of carboxylic acid groups (broad SMARTS) is 1. The van der Waals surface area contributed by atoms with E-state index < -0.39 is 5.97 Å². The fourth-order valence-electron chi connectivity index (χ4n) is 1.17. The highest BCUT2D eigenvalue weighted by atomic mass is 16.4. The highest BCUT2D eigenvalue weighted by Crippen LogP contribution is 2.13. The number of nitrogens with zero attached hydrogens (tertiary/aromatic N) is 2. The summed E-state index contributed by atoms with van der Waals surface area (Å²) in [6.45, 7) is 0. The summed E-state index contributed by atoms with van der Waals surface area (Å²) in [6.07, 6.45) is 4.11. The standard InChI is InChI=1S/C9H6N2O2.C3H7N/c12-9(13)7-4-3-6-2-1-5-10-8(6)11-7;4-3-1-2-3/h1-5H,(H,12,13);3H,1-2,4H2. The average molecular weight is 231 g/mol. The minimum Gasteiger partial charge on any atom is -0.477 e. The Morgan fingerprint density at radius 3 is 2.65 bits per heavy atom. The van der Waals surface area contributed by atoms with Crippen LogP contribution in [0.5, 0.6) is 0 Å². The zero-order valence-corrected chi connectivity index (χ0v) is 9.21. The summed E-state index contributed by atoms with van der Waals surface area (Å²) in [5.74, 6) is -1.03. The van der Waals surface area contributed by atoms with Gasteiger partial charge >= 0.3 is 5.97 Å². The number of rotatable bonds is 1. The second-order valence-corrected chi connectivity index (χ2v) is 3.89. The largest absolute Gasteiger partial charge is 0.477 e. The molecule has 0 bridgehead atoms. The number of carbonyl (C=O) groups is 1. The fraction of sp³-hybridized carbons (Fsp3) is 0.250. The summed E-state index contributed by atoms with van der Waals surface area (Å²) < 4.78 is 0. The van der Waals surface area contributed by atoms with Crippen LogP contribution in [0.25, 0.3) is 11.0 Å².